The molecule has 1 aromatic carbocycles. The molecule has 1 aliphatic rings. The standard InChI is InChI=1S/C15H21ClO/c1-11-8-14(2,3)10-15(17,9-11)12-5-4-6-13(16)7-12/h4-7,11,17H,8-10H2,1-3H3. The van der Waals surface area contributed by atoms with Gasteiger partial charge in [-0.05, 0) is 48.3 Å². The van der Waals surface area contributed by atoms with Gasteiger partial charge in [0.05, 0.1) is 5.60 Å². The molecule has 1 aromatic rings. The van der Waals surface area contributed by atoms with Gasteiger partial charge in [-0.2, -0.15) is 0 Å². The maximum absolute atomic E-state index is 10.9. The Morgan fingerprint density at radius 2 is 2.00 bits per heavy atom. The lowest BCUT2D eigenvalue weighted by Gasteiger charge is -2.45. The highest BCUT2D eigenvalue weighted by molar-refractivity contribution is 6.30. The average molecular weight is 253 g/mol. The summed E-state index contributed by atoms with van der Waals surface area (Å²) in [6.45, 7) is 6.69. The van der Waals surface area contributed by atoms with E-state index in [4.69, 9.17) is 11.6 Å². The molecule has 1 aliphatic carbocycles. The Morgan fingerprint density at radius 3 is 2.59 bits per heavy atom. The molecule has 0 amide bonds. The van der Waals surface area contributed by atoms with Crippen LogP contribution >= 0.6 is 11.6 Å². The summed E-state index contributed by atoms with van der Waals surface area (Å²) in [6.07, 6.45) is 2.82. The zero-order chi connectivity index (χ0) is 12.7. The van der Waals surface area contributed by atoms with Gasteiger partial charge < -0.3 is 5.11 Å². The first kappa shape index (κ1) is 12.9. The van der Waals surface area contributed by atoms with Crippen LogP contribution in [0, 0.1) is 11.3 Å². The van der Waals surface area contributed by atoms with Crippen LogP contribution in [0.4, 0.5) is 0 Å². The first-order chi connectivity index (χ1) is 7.81. The molecule has 0 radical (unpaired) electrons. The van der Waals surface area contributed by atoms with E-state index in [1.54, 1.807) is 0 Å². The molecule has 0 spiro atoms. The zero-order valence-electron chi connectivity index (χ0n) is 10.8. The minimum Gasteiger partial charge on any atom is -0.385 e. The van der Waals surface area contributed by atoms with Crippen LogP contribution in [-0.4, -0.2) is 5.11 Å². The maximum atomic E-state index is 10.9. The first-order valence-electron chi connectivity index (χ1n) is 6.29. The third-order valence-electron chi connectivity index (χ3n) is 3.72. The van der Waals surface area contributed by atoms with Crippen LogP contribution in [0.2, 0.25) is 5.02 Å². The molecule has 2 heteroatoms. The van der Waals surface area contributed by atoms with Gasteiger partial charge in [0.2, 0.25) is 0 Å². The van der Waals surface area contributed by atoms with Gasteiger partial charge in [0.1, 0.15) is 0 Å². The van der Waals surface area contributed by atoms with Crippen molar-refractivity contribution in [3.8, 4) is 0 Å². The Labute approximate surface area is 109 Å². The highest BCUT2D eigenvalue weighted by Gasteiger charge is 2.42. The van der Waals surface area contributed by atoms with Gasteiger partial charge in [0.25, 0.3) is 0 Å². The monoisotopic (exact) mass is 252 g/mol. The highest BCUT2D eigenvalue weighted by atomic mass is 35.5. The van der Waals surface area contributed by atoms with Crippen LogP contribution < -0.4 is 0 Å². The van der Waals surface area contributed by atoms with Crippen LogP contribution in [0.3, 0.4) is 0 Å². The second-order valence-corrected chi connectivity index (χ2v) is 6.83. The van der Waals surface area contributed by atoms with E-state index in [9.17, 15) is 5.11 Å². The number of hydrogen-bond donors (Lipinski definition) is 1. The summed E-state index contributed by atoms with van der Waals surface area (Å²) in [5.74, 6) is 0.544. The van der Waals surface area contributed by atoms with E-state index in [0.717, 1.165) is 18.4 Å². The summed E-state index contributed by atoms with van der Waals surface area (Å²) in [7, 11) is 0. The van der Waals surface area contributed by atoms with Crippen LogP contribution in [0.25, 0.3) is 0 Å². The number of halogens is 1. The summed E-state index contributed by atoms with van der Waals surface area (Å²) in [6, 6.07) is 7.66. The topological polar surface area (TPSA) is 20.2 Å². The van der Waals surface area contributed by atoms with E-state index < -0.39 is 5.60 Å². The van der Waals surface area contributed by atoms with E-state index >= 15 is 0 Å². The van der Waals surface area contributed by atoms with Crippen LogP contribution in [0.5, 0.6) is 0 Å². The zero-order valence-corrected chi connectivity index (χ0v) is 11.6. The van der Waals surface area contributed by atoms with Crippen molar-refractivity contribution < 1.29 is 5.11 Å². The van der Waals surface area contributed by atoms with Crippen molar-refractivity contribution in [3.05, 3.63) is 34.9 Å². The number of rotatable bonds is 1. The number of hydrogen-bond acceptors (Lipinski definition) is 1. The fraction of sp³-hybridized carbons (Fsp3) is 0.600. The fourth-order valence-corrected chi connectivity index (χ4v) is 3.72. The molecule has 0 aromatic heterocycles. The first-order valence-corrected chi connectivity index (χ1v) is 6.67. The molecule has 1 N–H and O–H groups in total. The third kappa shape index (κ3) is 2.83. The minimum atomic E-state index is -0.716. The summed E-state index contributed by atoms with van der Waals surface area (Å²) in [4.78, 5) is 0. The predicted octanol–water partition coefficient (Wildman–Crippen LogP) is 4.37. The van der Waals surface area contributed by atoms with E-state index in [0.29, 0.717) is 10.9 Å². The van der Waals surface area contributed by atoms with E-state index in [1.807, 2.05) is 24.3 Å². The van der Waals surface area contributed by atoms with Crippen LogP contribution in [0.1, 0.15) is 45.6 Å². The molecule has 2 unspecified atom stereocenters. The Hall–Kier alpha value is -0.530. The molecule has 94 valence electrons. The van der Waals surface area contributed by atoms with Gasteiger partial charge >= 0.3 is 0 Å². The molecule has 2 atom stereocenters. The summed E-state index contributed by atoms with van der Waals surface area (Å²) < 4.78 is 0. The van der Waals surface area contributed by atoms with E-state index in [1.165, 1.54) is 6.42 Å². The largest absolute Gasteiger partial charge is 0.385 e. The molecule has 0 heterocycles. The predicted molar refractivity (Wildman–Crippen MR) is 72.1 cm³/mol. The molecule has 0 saturated heterocycles. The smallest absolute Gasteiger partial charge is 0.0904 e. The van der Waals surface area contributed by atoms with E-state index in [2.05, 4.69) is 20.8 Å². The van der Waals surface area contributed by atoms with Gasteiger partial charge in [-0.1, -0.05) is 44.5 Å². The molecule has 2 rings (SSSR count). The van der Waals surface area contributed by atoms with Gasteiger partial charge in [-0.25, -0.2) is 0 Å². The highest BCUT2D eigenvalue weighted by Crippen LogP contribution is 2.48. The second kappa shape index (κ2) is 4.29. The SMILES string of the molecule is CC1CC(C)(C)CC(O)(c2cccc(Cl)c2)C1. The Balaban J connectivity index is 2.35. The molecular formula is C15H21ClO. The van der Waals surface area contributed by atoms with Crippen LogP contribution in [-0.2, 0) is 5.60 Å². The molecule has 1 saturated carbocycles. The average Bonchev–Trinajstić information content (AvgIpc) is 2.13. The Kier molecular flexibility index (Phi) is 3.26. The van der Waals surface area contributed by atoms with Gasteiger partial charge in [0.15, 0.2) is 0 Å². The molecule has 0 bridgehead atoms. The summed E-state index contributed by atoms with van der Waals surface area (Å²) in [5.41, 5.74) is 0.436. The van der Waals surface area contributed by atoms with Crippen molar-refractivity contribution in [3.63, 3.8) is 0 Å². The molecule has 1 nitrogen and oxygen atoms in total. The van der Waals surface area contributed by atoms with Crippen LogP contribution in [0.15, 0.2) is 24.3 Å². The second-order valence-electron chi connectivity index (χ2n) is 6.40. The normalized spacial score (nSPS) is 32.4. The van der Waals surface area contributed by atoms with Crippen molar-refractivity contribution in [1.82, 2.24) is 0 Å². The third-order valence-corrected chi connectivity index (χ3v) is 3.96. The maximum Gasteiger partial charge on any atom is 0.0904 e. The molecular weight excluding hydrogens is 232 g/mol. The minimum absolute atomic E-state index is 0.189. The van der Waals surface area contributed by atoms with Crippen molar-refractivity contribution >= 4 is 11.6 Å². The number of benzene rings is 1. The molecule has 17 heavy (non-hydrogen) atoms. The lowest BCUT2D eigenvalue weighted by atomic mass is 9.64. The van der Waals surface area contributed by atoms with Gasteiger partial charge in [-0.3, -0.25) is 0 Å². The molecule has 0 aliphatic heterocycles. The van der Waals surface area contributed by atoms with Gasteiger partial charge in [-0.15, -0.1) is 0 Å². The molecule has 1 fully saturated rings. The lowest BCUT2D eigenvalue weighted by molar-refractivity contribution is -0.0635. The Morgan fingerprint density at radius 1 is 1.29 bits per heavy atom. The van der Waals surface area contributed by atoms with Crippen molar-refractivity contribution in [1.29, 1.82) is 0 Å². The quantitative estimate of drug-likeness (QED) is 0.787. The van der Waals surface area contributed by atoms with Crippen molar-refractivity contribution in [2.45, 2.75) is 45.6 Å². The van der Waals surface area contributed by atoms with Crippen molar-refractivity contribution in [2.75, 3.05) is 0 Å². The summed E-state index contributed by atoms with van der Waals surface area (Å²) in [5, 5.41) is 11.6. The van der Waals surface area contributed by atoms with Crippen molar-refractivity contribution in [2.24, 2.45) is 11.3 Å². The summed E-state index contributed by atoms with van der Waals surface area (Å²) >= 11 is 6.02. The Bertz CT molecular complexity index is 413. The number of aliphatic hydroxyl groups is 1. The van der Waals surface area contributed by atoms with Gasteiger partial charge in [0, 0.05) is 5.02 Å². The van der Waals surface area contributed by atoms with E-state index in [-0.39, 0.29) is 5.41 Å². The lowest BCUT2D eigenvalue weighted by Crippen LogP contribution is -2.39. The fourth-order valence-electron chi connectivity index (χ4n) is 3.53.